The molecule has 1 aromatic carbocycles. The van der Waals surface area contributed by atoms with Crippen LogP contribution in [0.1, 0.15) is 20.8 Å². The van der Waals surface area contributed by atoms with Crippen LogP contribution in [0.25, 0.3) is 10.2 Å². The average Bonchev–Trinajstić information content (AvgIpc) is 2.82. The van der Waals surface area contributed by atoms with Gasteiger partial charge >= 0.3 is 5.97 Å². The van der Waals surface area contributed by atoms with E-state index >= 15 is 0 Å². The summed E-state index contributed by atoms with van der Waals surface area (Å²) in [4.78, 5) is 21.4. The Morgan fingerprint density at radius 3 is 2.81 bits per heavy atom. The minimum atomic E-state index is -0.987. The summed E-state index contributed by atoms with van der Waals surface area (Å²) in [5.74, 6) is -0.0622. The lowest BCUT2D eigenvalue weighted by Crippen LogP contribution is -1.98. The van der Waals surface area contributed by atoms with E-state index in [4.69, 9.17) is 9.84 Å². The van der Waals surface area contributed by atoms with Crippen LogP contribution in [0.15, 0.2) is 30.6 Å². The number of carboxylic acids is 1. The number of nitrogens with zero attached hydrogens (tertiary/aromatic N) is 2. The first-order valence-electron chi connectivity index (χ1n) is 6.27. The second kappa shape index (κ2) is 5.14. The Kier molecular flexibility index (Phi) is 3.31. The van der Waals surface area contributed by atoms with Crippen LogP contribution in [-0.2, 0) is 0 Å². The van der Waals surface area contributed by atoms with E-state index in [2.05, 4.69) is 9.97 Å². The summed E-state index contributed by atoms with van der Waals surface area (Å²) < 4.78 is 5.82. The lowest BCUT2D eigenvalue weighted by atomic mass is 10.1. The molecule has 0 radical (unpaired) electrons. The third-order valence-corrected chi connectivity index (χ3v) is 4.02. The van der Waals surface area contributed by atoms with E-state index in [-0.39, 0.29) is 5.56 Å². The number of aryl methyl sites for hydroxylation is 2. The summed E-state index contributed by atoms with van der Waals surface area (Å²) in [7, 11) is 0. The van der Waals surface area contributed by atoms with Gasteiger partial charge in [-0.25, -0.2) is 14.8 Å². The van der Waals surface area contributed by atoms with E-state index in [1.54, 1.807) is 23.5 Å². The summed E-state index contributed by atoms with van der Waals surface area (Å²) in [6.07, 6.45) is 1.45. The molecule has 0 bridgehead atoms. The van der Waals surface area contributed by atoms with Gasteiger partial charge in [0.2, 0.25) is 5.88 Å². The Balaban J connectivity index is 2.06. The Labute approximate surface area is 124 Å². The molecule has 5 nitrogen and oxygen atoms in total. The molecule has 0 unspecified atom stereocenters. The zero-order chi connectivity index (χ0) is 15.0. The monoisotopic (exact) mass is 300 g/mol. The molecular weight excluding hydrogens is 288 g/mol. The van der Waals surface area contributed by atoms with Crippen molar-refractivity contribution in [3.05, 3.63) is 46.6 Å². The van der Waals surface area contributed by atoms with Gasteiger partial charge in [-0.3, -0.25) is 0 Å². The van der Waals surface area contributed by atoms with Crippen LogP contribution in [0.5, 0.6) is 11.6 Å². The smallest absolute Gasteiger partial charge is 0.335 e. The third-order valence-electron chi connectivity index (χ3n) is 3.06. The number of thiophene rings is 1. The van der Waals surface area contributed by atoms with Crippen LogP contribution in [0.3, 0.4) is 0 Å². The van der Waals surface area contributed by atoms with Crippen LogP contribution >= 0.6 is 11.3 Å². The quantitative estimate of drug-likeness (QED) is 0.796. The molecule has 3 rings (SSSR count). The van der Waals surface area contributed by atoms with Crippen molar-refractivity contribution < 1.29 is 14.6 Å². The van der Waals surface area contributed by atoms with Gasteiger partial charge in [0.15, 0.2) is 0 Å². The van der Waals surface area contributed by atoms with Crippen molar-refractivity contribution in [2.45, 2.75) is 13.8 Å². The van der Waals surface area contributed by atoms with Crippen molar-refractivity contribution in [2.75, 3.05) is 0 Å². The molecule has 6 heteroatoms. The highest BCUT2D eigenvalue weighted by atomic mass is 32.1. The second-order valence-electron chi connectivity index (χ2n) is 4.64. The van der Waals surface area contributed by atoms with Crippen LogP contribution in [0, 0.1) is 13.8 Å². The maximum absolute atomic E-state index is 11.1. The first kappa shape index (κ1) is 13.5. The number of hydrogen-bond donors (Lipinski definition) is 1. The molecule has 0 saturated heterocycles. The molecule has 1 N–H and O–H groups in total. The molecule has 0 amide bonds. The SMILES string of the molecule is Cc1cc2c(Oc3cc(C(=O)O)ccc3C)ncnc2s1. The molecule has 0 aliphatic carbocycles. The number of ether oxygens (including phenoxy) is 1. The van der Waals surface area contributed by atoms with Crippen molar-refractivity contribution in [1.29, 1.82) is 0 Å². The predicted octanol–water partition coefficient (Wildman–Crippen LogP) is 3.80. The molecule has 2 aromatic heterocycles. The molecule has 21 heavy (non-hydrogen) atoms. The number of aromatic carboxylic acids is 1. The van der Waals surface area contributed by atoms with Gasteiger partial charge < -0.3 is 9.84 Å². The molecule has 0 spiro atoms. The molecular formula is C15H12N2O3S. The van der Waals surface area contributed by atoms with Gasteiger partial charge in [-0.2, -0.15) is 0 Å². The number of carboxylic acid groups (broad SMARTS) is 1. The summed E-state index contributed by atoms with van der Waals surface area (Å²) >= 11 is 1.56. The Morgan fingerprint density at radius 2 is 2.05 bits per heavy atom. The number of rotatable bonds is 3. The largest absolute Gasteiger partial charge is 0.478 e. The lowest BCUT2D eigenvalue weighted by molar-refractivity contribution is 0.0696. The van der Waals surface area contributed by atoms with Crippen molar-refractivity contribution in [3.63, 3.8) is 0 Å². The zero-order valence-corrected chi connectivity index (χ0v) is 12.3. The molecule has 106 valence electrons. The fourth-order valence-electron chi connectivity index (χ4n) is 1.98. The molecule has 0 fully saturated rings. The minimum Gasteiger partial charge on any atom is -0.478 e. The molecule has 0 atom stereocenters. The number of hydrogen-bond acceptors (Lipinski definition) is 5. The molecule has 2 heterocycles. The highest BCUT2D eigenvalue weighted by molar-refractivity contribution is 7.18. The van der Waals surface area contributed by atoms with E-state index in [9.17, 15) is 4.79 Å². The van der Waals surface area contributed by atoms with Crippen LogP contribution in [0.2, 0.25) is 0 Å². The number of carbonyl (C=O) groups is 1. The maximum Gasteiger partial charge on any atom is 0.335 e. The average molecular weight is 300 g/mol. The molecule has 0 aliphatic rings. The number of benzene rings is 1. The maximum atomic E-state index is 11.1. The third kappa shape index (κ3) is 2.57. The van der Waals surface area contributed by atoms with Crippen LogP contribution in [-0.4, -0.2) is 21.0 Å². The number of aromatic nitrogens is 2. The Morgan fingerprint density at radius 1 is 1.24 bits per heavy atom. The zero-order valence-electron chi connectivity index (χ0n) is 11.5. The van der Waals surface area contributed by atoms with Gasteiger partial charge in [-0.1, -0.05) is 6.07 Å². The van der Waals surface area contributed by atoms with E-state index < -0.39 is 5.97 Å². The minimum absolute atomic E-state index is 0.183. The van der Waals surface area contributed by atoms with E-state index in [1.165, 1.54) is 12.4 Å². The van der Waals surface area contributed by atoms with Crippen LogP contribution in [0.4, 0.5) is 0 Å². The normalized spacial score (nSPS) is 10.8. The summed E-state index contributed by atoms with van der Waals surface area (Å²) in [5.41, 5.74) is 1.03. The lowest BCUT2D eigenvalue weighted by Gasteiger charge is -2.09. The molecule has 0 aliphatic heterocycles. The topological polar surface area (TPSA) is 72.3 Å². The Bertz CT molecular complexity index is 842. The summed E-state index contributed by atoms with van der Waals surface area (Å²) in [6, 6.07) is 6.74. The van der Waals surface area contributed by atoms with Gasteiger partial charge in [0.05, 0.1) is 10.9 Å². The molecule has 0 saturated carbocycles. The first-order valence-corrected chi connectivity index (χ1v) is 7.09. The predicted molar refractivity (Wildman–Crippen MR) is 80.4 cm³/mol. The first-order chi connectivity index (χ1) is 10.0. The summed E-state index contributed by atoms with van der Waals surface area (Å²) in [6.45, 7) is 3.85. The highest BCUT2D eigenvalue weighted by Crippen LogP contribution is 2.33. The highest BCUT2D eigenvalue weighted by Gasteiger charge is 2.12. The standard InChI is InChI=1S/C15H12N2O3S/c1-8-3-4-10(15(18)19)6-12(8)20-13-11-5-9(2)21-14(11)17-7-16-13/h3-7H,1-2H3,(H,18,19). The van der Waals surface area contributed by atoms with Crippen molar-refractivity contribution >= 4 is 27.5 Å². The summed E-state index contributed by atoms with van der Waals surface area (Å²) in [5, 5.41) is 9.90. The fraction of sp³-hybridized carbons (Fsp3) is 0.133. The number of fused-ring (bicyclic) bond motifs is 1. The Hall–Kier alpha value is -2.47. The van der Waals surface area contributed by atoms with Gasteiger partial charge in [0.1, 0.15) is 16.9 Å². The van der Waals surface area contributed by atoms with E-state index in [0.717, 1.165) is 20.7 Å². The van der Waals surface area contributed by atoms with Gasteiger partial charge in [-0.15, -0.1) is 11.3 Å². The van der Waals surface area contributed by atoms with E-state index in [1.807, 2.05) is 19.9 Å². The van der Waals surface area contributed by atoms with Crippen molar-refractivity contribution in [3.8, 4) is 11.6 Å². The van der Waals surface area contributed by atoms with Crippen molar-refractivity contribution in [1.82, 2.24) is 9.97 Å². The van der Waals surface area contributed by atoms with E-state index in [0.29, 0.717) is 11.6 Å². The van der Waals surface area contributed by atoms with Gasteiger partial charge in [-0.05, 0) is 37.6 Å². The van der Waals surface area contributed by atoms with Gasteiger partial charge in [0.25, 0.3) is 0 Å². The second-order valence-corrected chi connectivity index (χ2v) is 5.88. The van der Waals surface area contributed by atoms with Crippen molar-refractivity contribution in [2.24, 2.45) is 0 Å². The van der Waals surface area contributed by atoms with Crippen LogP contribution < -0.4 is 4.74 Å². The fourth-order valence-corrected chi connectivity index (χ4v) is 2.82. The van der Waals surface area contributed by atoms with Gasteiger partial charge in [0, 0.05) is 4.88 Å². The molecule has 3 aromatic rings.